The fraction of sp³-hybridized carbons (Fsp3) is 0.364. The van der Waals surface area contributed by atoms with Crippen LogP contribution in [-0.2, 0) is 4.79 Å². The molecule has 0 spiro atoms. The van der Waals surface area contributed by atoms with E-state index in [1.54, 1.807) is 12.0 Å². The number of amides is 1. The molecule has 0 bridgehead atoms. The summed E-state index contributed by atoms with van der Waals surface area (Å²) >= 11 is 1.52. The summed E-state index contributed by atoms with van der Waals surface area (Å²) < 4.78 is 12.2. The number of aromatic nitrogens is 1. The lowest BCUT2D eigenvalue weighted by Crippen LogP contribution is -2.36. The molecule has 0 atom stereocenters. The average molecular weight is 414 g/mol. The molecular formula is C22H27N3O3S. The number of carbonyl (C=O) groups is 1. The molecule has 0 aliphatic heterocycles. The van der Waals surface area contributed by atoms with E-state index in [1.807, 2.05) is 63.5 Å². The molecule has 1 amide bonds. The van der Waals surface area contributed by atoms with Gasteiger partial charge in [-0.05, 0) is 57.7 Å². The van der Waals surface area contributed by atoms with Crippen molar-refractivity contribution in [2.24, 2.45) is 0 Å². The normalized spacial score (nSPS) is 11.1. The third kappa shape index (κ3) is 5.25. The number of ether oxygens (including phenoxy) is 2. The number of para-hydroxylation sites is 1. The van der Waals surface area contributed by atoms with Crippen molar-refractivity contribution in [3.63, 3.8) is 0 Å². The average Bonchev–Trinajstić information content (AvgIpc) is 3.16. The Morgan fingerprint density at radius 3 is 2.55 bits per heavy atom. The van der Waals surface area contributed by atoms with Crippen LogP contribution in [0.3, 0.4) is 0 Å². The van der Waals surface area contributed by atoms with Crippen molar-refractivity contribution in [1.82, 2.24) is 9.88 Å². The van der Waals surface area contributed by atoms with Gasteiger partial charge in [0.2, 0.25) is 0 Å². The van der Waals surface area contributed by atoms with E-state index in [0.717, 1.165) is 28.7 Å². The molecule has 0 aliphatic rings. The number of rotatable bonds is 9. The van der Waals surface area contributed by atoms with Gasteiger partial charge in [0.1, 0.15) is 17.0 Å². The first-order valence-corrected chi connectivity index (χ1v) is 10.4. The minimum absolute atomic E-state index is 0.0297. The van der Waals surface area contributed by atoms with E-state index in [1.165, 1.54) is 11.3 Å². The van der Waals surface area contributed by atoms with Gasteiger partial charge < -0.3 is 14.4 Å². The molecule has 3 aromatic rings. The summed E-state index contributed by atoms with van der Waals surface area (Å²) in [6, 6.07) is 13.3. The maximum Gasteiger partial charge on any atom is 0.266 e. The second kappa shape index (κ2) is 9.71. The fourth-order valence-corrected chi connectivity index (χ4v) is 4.09. The summed E-state index contributed by atoms with van der Waals surface area (Å²) in [5.41, 5.74) is 1.91. The smallest absolute Gasteiger partial charge is 0.266 e. The first kappa shape index (κ1) is 21.1. The standard InChI is InChI=1S/C22H27N3O3S/c1-16-11-12-18(27-4)20-21(16)29-22(23-20)25(14-8-13-24(2)3)19(26)15-28-17-9-6-5-7-10-17/h5-7,9-12H,8,13-15H2,1-4H3. The molecule has 6 nitrogen and oxygen atoms in total. The Labute approximate surface area is 175 Å². The number of thiazole rings is 1. The zero-order valence-electron chi connectivity index (χ0n) is 17.3. The lowest BCUT2D eigenvalue weighted by atomic mass is 10.2. The highest BCUT2D eigenvalue weighted by molar-refractivity contribution is 7.22. The Balaban J connectivity index is 1.85. The van der Waals surface area contributed by atoms with Crippen molar-refractivity contribution in [2.45, 2.75) is 13.3 Å². The summed E-state index contributed by atoms with van der Waals surface area (Å²) in [5.74, 6) is 1.29. The Kier molecular flexibility index (Phi) is 7.06. The maximum absolute atomic E-state index is 13.0. The van der Waals surface area contributed by atoms with Gasteiger partial charge in [-0.3, -0.25) is 9.69 Å². The molecule has 29 heavy (non-hydrogen) atoms. The van der Waals surface area contributed by atoms with Crippen LogP contribution < -0.4 is 14.4 Å². The number of anilines is 1. The molecule has 0 saturated carbocycles. The molecular weight excluding hydrogens is 386 g/mol. The fourth-order valence-electron chi connectivity index (χ4n) is 2.99. The summed E-state index contributed by atoms with van der Waals surface area (Å²) in [6.07, 6.45) is 0.843. The quantitative estimate of drug-likeness (QED) is 0.531. The first-order chi connectivity index (χ1) is 14.0. The van der Waals surface area contributed by atoms with Crippen LogP contribution >= 0.6 is 11.3 Å². The molecule has 1 aromatic heterocycles. The molecule has 0 unspecified atom stereocenters. The van der Waals surface area contributed by atoms with Crippen molar-refractivity contribution in [3.05, 3.63) is 48.0 Å². The molecule has 3 rings (SSSR count). The van der Waals surface area contributed by atoms with Crippen LogP contribution in [0, 0.1) is 6.92 Å². The third-order valence-corrected chi connectivity index (χ3v) is 5.75. The summed E-state index contributed by atoms with van der Waals surface area (Å²) in [5, 5.41) is 0.674. The van der Waals surface area contributed by atoms with Crippen LogP contribution in [0.2, 0.25) is 0 Å². The molecule has 0 radical (unpaired) electrons. The lowest BCUT2D eigenvalue weighted by molar-refractivity contribution is -0.120. The van der Waals surface area contributed by atoms with E-state index in [9.17, 15) is 4.79 Å². The van der Waals surface area contributed by atoms with Gasteiger partial charge in [-0.2, -0.15) is 0 Å². The topological polar surface area (TPSA) is 54.9 Å². The van der Waals surface area contributed by atoms with Gasteiger partial charge in [0.25, 0.3) is 5.91 Å². The molecule has 0 aliphatic carbocycles. The highest BCUT2D eigenvalue weighted by Crippen LogP contribution is 2.36. The molecule has 1 heterocycles. The number of benzene rings is 2. The molecule has 7 heteroatoms. The van der Waals surface area contributed by atoms with E-state index in [4.69, 9.17) is 14.5 Å². The van der Waals surface area contributed by atoms with Gasteiger partial charge in [-0.1, -0.05) is 35.6 Å². The Bertz CT molecular complexity index is 957. The molecule has 154 valence electrons. The summed E-state index contributed by atoms with van der Waals surface area (Å²) in [7, 11) is 5.68. The van der Waals surface area contributed by atoms with E-state index in [0.29, 0.717) is 23.2 Å². The second-order valence-corrected chi connectivity index (χ2v) is 8.04. The van der Waals surface area contributed by atoms with Crippen LogP contribution in [0.4, 0.5) is 5.13 Å². The van der Waals surface area contributed by atoms with Crippen molar-refractivity contribution in [2.75, 3.05) is 45.8 Å². The van der Waals surface area contributed by atoms with Crippen molar-refractivity contribution < 1.29 is 14.3 Å². The Hall–Kier alpha value is -2.64. The van der Waals surface area contributed by atoms with Gasteiger partial charge in [0.05, 0.1) is 11.8 Å². The van der Waals surface area contributed by atoms with Crippen LogP contribution in [0.15, 0.2) is 42.5 Å². The molecule has 0 N–H and O–H groups in total. The predicted molar refractivity (Wildman–Crippen MR) is 118 cm³/mol. The Morgan fingerprint density at radius 1 is 1.10 bits per heavy atom. The predicted octanol–water partition coefficient (Wildman–Crippen LogP) is 3.98. The minimum Gasteiger partial charge on any atom is -0.494 e. The van der Waals surface area contributed by atoms with Gasteiger partial charge in [-0.15, -0.1) is 0 Å². The number of nitrogens with zero attached hydrogens (tertiary/aromatic N) is 3. The minimum atomic E-state index is -0.108. The monoisotopic (exact) mass is 413 g/mol. The largest absolute Gasteiger partial charge is 0.494 e. The molecule has 2 aromatic carbocycles. The zero-order chi connectivity index (χ0) is 20.8. The zero-order valence-corrected chi connectivity index (χ0v) is 18.2. The number of methoxy groups -OCH3 is 1. The van der Waals surface area contributed by atoms with Gasteiger partial charge in [0, 0.05) is 6.54 Å². The SMILES string of the molecule is COc1ccc(C)c2sc(N(CCCN(C)C)C(=O)COc3ccccc3)nc12. The van der Waals surface area contributed by atoms with Crippen LogP contribution in [0.25, 0.3) is 10.2 Å². The highest BCUT2D eigenvalue weighted by atomic mass is 32.1. The number of carbonyl (C=O) groups excluding carboxylic acids is 1. The van der Waals surface area contributed by atoms with E-state index in [2.05, 4.69) is 4.90 Å². The highest BCUT2D eigenvalue weighted by Gasteiger charge is 2.22. The van der Waals surface area contributed by atoms with E-state index >= 15 is 0 Å². The maximum atomic E-state index is 13.0. The van der Waals surface area contributed by atoms with Gasteiger partial charge in [-0.25, -0.2) is 4.98 Å². The number of hydrogen-bond acceptors (Lipinski definition) is 6. The number of aryl methyl sites for hydroxylation is 1. The van der Waals surface area contributed by atoms with Gasteiger partial charge >= 0.3 is 0 Å². The van der Waals surface area contributed by atoms with Crippen molar-refractivity contribution >= 4 is 32.6 Å². The first-order valence-electron chi connectivity index (χ1n) is 9.56. The summed E-state index contributed by atoms with van der Waals surface area (Å²) in [4.78, 5) is 21.6. The summed E-state index contributed by atoms with van der Waals surface area (Å²) in [6.45, 7) is 3.48. The lowest BCUT2D eigenvalue weighted by Gasteiger charge is -2.21. The number of fused-ring (bicyclic) bond motifs is 1. The van der Waals surface area contributed by atoms with E-state index < -0.39 is 0 Å². The number of hydrogen-bond donors (Lipinski definition) is 0. The second-order valence-electron chi connectivity index (χ2n) is 7.06. The Morgan fingerprint density at radius 2 is 1.86 bits per heavy atom. The molecule has 0 fully saturated rings. The van der Waals surface area contributed by atoms with Crippen LogP contribution in [-0.4, -0.2) is 56.7 Å². The third-order valence-electron chi connectivity index (χ3n) is 4.54. The van der Waals surface area contributed by atoms with Gasteiger partial charge in [0.15, 0.2) is 11.7 Å². The molecule has 0 saturated heterocycles. The van der Waals surface area contributed by atoms with Crippen molar-refractivity contribution in [3.8, 4) is 11.5 Å². The van der Waals surface area contributed by atoms with Crippen LogP contribution in [0.1, 0.15) is 12.0 Å². The van der Waals surface area contributed by atoms with Crippen molar-refractivity contribution in [1.29, 1.82) is 0 Å². The van der Waals surface area contributed by atoms with E-state index in [-0.39, 0.29) is 12.5 Å². The van der Waals surface area contributed by atoms with Crippen LogP contribution in [0.5, 0.6) is 11.5 Å².